The number of rotatable bonds is 14. The van der Waals surface area contributed by atoms with Gasteiger partial charge in [-0.25, -0.2) is 0 Å². The number of nitrogens with zero attached hydrogens (tertiary/aromatic N) is 1. The molecule has 1 unspecified atom stereocenters. The van der Waals surface area contributed by atoms with Crippen molar-refractivity contribution < 1.29 is 37.9 Å². The van der Waals surface area contributed by atoms with E-state index in [0.29, 0.717) is 0 Å². The van der Waals surface area contributed by atoms with E-state index in [4.69, 9.17) is 14.2 Å². The van der Waals surface area contributed by atoms with E-state index in [-0.39, 0.29) is 37.7 Å². The molecule has 2 aromatic rings. The fourth-order valence-corrected chi connectivity index (χ4v) is 3.48. The predicted molar refractivity (Wildman–Crippen MR) is 125 cm³/mol. The number of nitrogens with one attached hydrogen (secondary N) is 3. The number of carbonyl (C=O) groups is 4. The molecule has 0 aliphatic carbocycles. The Morgan fingerprint density at radius 3 is 2.06 bits per heavy atom. The zero-order valence-corrected chi connectivity index (χ0v) is 20.3. The summed E-state index contributed by atoms with van der Waals surface area (Å²) in [6.07, 6.45) is 1.47. The summed E-state index contributed by atoms with van der Waals surface area (Å²) >= 11 is 0. The molecule has 2 heterocycles. The van der Waals surface area contributed by atoms with Crippen LogP contribution in [-0.2, 0) is 35.0 Å². The van der Waals surface area contributed by atoms with E-state index < -0.39 is 41.4 Å². The van der Waals surface area contributed by atoms with Gasteiger partial charge in [-0.3, -0.25) is 19.2 Å². The molecule has 4 atom stereocenters. The zero-order valence-electron chi connectivity index (χ0n) is 20.3. The Morgan fingerprint density at radius 2 is 1.53 bits per heavy atom. The maximum absolute atomic E-state index is 13.2. The van der Waals surface area contributed by atoms with Crippen molar-refractivity contribution in [2.45, 2.75) is 37.1 Å². The SMILES string of the molecule is COC[C@H](NC(=O)c1ccon1)C(=O)N[C@@H](COC)C(=O)N[C@@H](Cc1ccccc1)C(=O)C1(C)CO1. The molecule has 12 heteroatoms. The number of ketones is 1. The van der Waals surface area contributed by atoms with Crippen LogP contribution < -0.4 is 16.0 Å². The van der Waals surface area contributed by atoms with E-state index in [2.05, 4.69) is 25.6 Å². The Morgan fingerprint density at radius 1 is 0.944 bits per heavy atom. The average Bonchev–Trinajstić information content (AvgIpc) is 3.38. The number of ether oxygens (including phenoxy) is 3. The van der Waals surface area contributed by atoms with Crippen LogP contribution in [0.1, 0.15) is 23.0 Å². The van der Waals surface area contributed by atoms with Crippen LogP contribution in [0.3, 0.4) is 0 Å². The van der Waals surface area contributed by atoms with Gasteiger partial charge >= 0.3 is 0 Å². The smallest absolute Gasteiger partial charge is 0.274 e. The Hall–Kier alpha value is -3.61. The zero-order chi connectivity index (χ0) is 26.1. The highest BCUT2D eigenvalue weighted by molar-refractivity contribution is 5.99. The summed E-state index contributed by atoms with van der Waals surface area (Å²) in [5.41, 5.74) is -0.126. The van der Waals surface area contributed by atoms with Gasteiger partial charge in [0, 0.05) is 20.3 Å². The van der Waals surface area contributed by atoms with Gasteiger partial charge in [0.2, 0.25) is 11.8 Å². The van der Waals surface area contributed by atoms with Crippen LogP contribution >= 0.6 is 0 Å². The first-order chi connectivity index (χ1) is 17.3. The van der Waals surface area contributed by atoms with Gasteiger partial charge in [0.15, 0.2) is 11.5 Å². The molecule has 0 saturated carbocycles. The molecular formula is C24H30N4O8. The molecule has 1 aliphatic rings. The number of epoxide rings is 1. The molecule has 3 amide bonds. The van der Waals surface area contributed by atoms with Gasteiger partial charge in [0.05, 0.1) is 25.9 Å². The van der Waals surface area contributed by atoms with Crippen LogP contribution in [0.25, 0.3) is 0 Å². The van der Waals surface area contributed by atoms with E-state index in [1.165, 1.54) is 26.5 Å². The summed E-state index contributed by atoms with van der Waals surface area (Å²) in [7, 11) is 2.74. The first-order valence-electron chi connectivity index (χ1n) is 11.3. The molecule has 0 bridgehead atoms. The van der Waals surface area contributed by atoms with Crippen molar-refractivity contribution in [3.05, 3.63) is 53.9 Å². The van der Waals surface area contributed by atoms with Crippen LogP contribution in [0.15, 0.2) is 47.2 Å². The summed E-state index contributed by atoms with van der Waals surface area (Å²) < 4.78 is 20.1. The first-order valence-corrected chi connectivity index (χ1v) is 11.3. The molecule has 1 fully saturated rings. The van der Waals surface area contributed by atoms with Crippen molar-refractivity contribution in [1.82, 2.24) is 21.1 Å². The number of hydrogen-bond donors (Lipinski definition) is 3. The third kappa shape index (κ3) is 7.20. The monoisotopic (exact) mass is 502 g/mol. The molecular weight excluding hydrogens is 472 g/mol. The fourth-order valence-electron chi connectivity index (χ4n) is 3.48. The fraction of sp³-hybridized carbons (Fsp3) is 0.458. The minimum absolute atomic E-state index is 0.0202. The van der Waals surface area contributed by atoms with Gasteiger partial charge in [-0.1, -0.05) is 35.5 Å². The lowest BCUT2D eigenvalue weighted by molar-refractivity contribution is -0.134. The highest BCUT2D eigenvalue weighted by Crippen LogP contribution is 2.29. The van der Waals surface area contributed by atoms with E-state index in [0.717, 1.165) is 5.56 Å². The maximum Gasteiger partial charge on any atom is 0.274 e. The van der Waals surface area contributed by atoms with Gasteiger partial charge < -0.3 is 34.7 Å². The second-order valence-electron chi connectivity index (χ2n) is 8.52. The first kappa shape index (κ1) is 27.0. The van der Waals surface area contributed by atoms with Crippen molar-refractivity contribution >= 4 is 23.5 Å². The van der Waals surface area contributed by atoms with Crippen LogP contribution in [-0.4, -0.2) is 86.4 Å². The van der Waals surface area contributed by atoms with Gasteiger partial charge in [-0.05, 0) is 18.9 Å². The van der Waals surface area contributed by atoms with Crippen LogP contribution in [0.4, 0.5) is 0 Å². The Kier molecular flexibility index (Phi) is 9.28. The van der Waals surface area contributed by atoms with Crippen molar-refractivity contribution in [3.63, 3.8) is 0 Å². The summed E-state index contributed by atoms with van der Waals surface area (Å²) in [6, 6.07) is 7.41. The third-order valence-electron chi connectivity index (χ3n) is 5.61. The van der Waals surface area contributed by atoms with Crippen LogP contribution in [0.2, 0.25) is 0 Å². The van der Waals surface area contributed by atoms with Gasteiger partial charge in [-0.2, -0.15) is 0 Å². The van der Waals surface area contributed by atoms with Gasteiger partial charge in [0.25, 0.3) is 5.91 Å². The van der Waals surface area contributed by atoms with E-state index >= 15 is 0 Å². The number of methoxy groups -OCH3 is 2. The molecule has 0 spiro atoms. The van der Waals surface area contributed by atoms with Crippen molar-refractivity contribution in [1.29, 1.82) is 0 Å². The standard InChI is InChI=1S/C24H30N4O8/c1-24(14-35-24)20(29)17(11-15-7-5-4-6-8-15)25-22(31)18(12-33-2)27-23(32)19(13-34-3)26-21(30)16-9-10-36-28-16/h4-10,17-19H,11-14H2,1-3H3,(H,25,31)(H,26,30)(H,27,32)/t17-,18-,19-,24?/m0/s1. The molecule has 3 rings (SSSR count). The number of aromatic nitrogens is 1. The molecule has 36 heavy (non-hydrogen) atoms. The Labute approximate surface area is 208 Å². The summed E-state index contributed by atoms with van der Waals surface area (Å²) in [5.74, 6) is -2.23. The molecule has 194 valence electrons. The summed E-state index contributed by atoms with van der Waals surface area (Å²) in [6.45, 7) is 1.60. The molecule has 12 nitrogen and oxygen atoms in total. The summed E-state index contributed by atoms with van der Waals surface area (Å²) in [5, 5.41) is 11.3. The highest BCUT2D eigenvalue weighted by atomic mass is 16.6. The quantitative estimate of drug-likeness (QED) is 0.293. The number of carbonyl (C=O) groups excluding carboxylic acids is 4. The second kappa shape index (κ2) is 12.4. The Bertz CT molecular complexity index is 1040. The largest absolute Gasteiger partial charge is 0.382 e. The van der Waals surface area contributed by atoms with Gasteiger partial charge in [-0.15, -0.1) is 0 Å². The van der Waals surface area contributed by atoms with Crippen molar-refractivity contribution in [2.75, 3.05) is 34.0 Å². The van der Waals surface area contributed by atoms with E-state index in [1.54, 1.807) is 6.92 Å². The third-order valence-corrected chi connectivity index (χ3v) is 5.61. The average molecular weight is 503 g/mol. The lowest BCUT2D eigenvalue weighted by atomic mass is 9.94. The highest BCUT2D eigenvalue weighted by Gasteiger charge is 2.50. The molecule has 1 aromatic heterocycles. The lowest BCUT2D eigenvalue weighted by Gasteiger charge is -2.25. The molecule has 1 aromatic carbocycles. The molecule has 1 saturated heterocycles. The van der Waals surface area contributed by atoms with Crippen LogP contribution in [0, 0.1) is 0 Å². The van der Waals surface area contributed by atoms with Crippen molar-refractivity contribution in [2.24, 2.45) is 0 Å². The number of benzene rings is 1. The minimum Gasteiger partial charge on any atom is -0.382 e. The van der Waals surface area contributed by atoms with Gasteiger partial charge in [0.1, 0.15) is 23.9 Å². The summed E-state index contributed by atoms with van der Waals surface area (Å²) in [4.78, 5) is 51.5. The number of hydrogen-bond acceptors (Lipinski definition) is 9. The normalized spacial score (nSPS) is 19.0. The minimum atomic E-state index is -1.15. The Balaban J connectivity index is 1.70. The molecule has 0 radical (unpaired) electrons. The van der Waals surface area contributed by atoms with Crippen LogP contribution in [0.5, 0.6) is 0 Å². The number of Topliss-reactive ketones (excluding diaryl/α,β-unsaturated/α-hetero) is 1. The van der Waals surface area contributed by atoms with E-state index in [9.17, 15) is 19.2 Å². The molecule has 1 aliphatic heterocycles. The predicted octanol–water partition coefficient (Wildman–Crippen LogP) is -0.364. The number of amides is 3. The maximum atomic E-state index is 13.2. The molecule has 3 N–H and O–H groups in total. The lowest BCUT2D eigenvalue weighted by Crippen LogP contribution is -2.59. The van der Waals surface area contributed by atoms with E-state index in [1.807, 2.05) is 30.3 Å². The topological polar surface area (TPSA) is 161 Å². The second-order valence-corrected chi connectivity index (χ2v) is 8.52. The van der Waals surface area contributed by atoms with Crippen molar-refractivity contribution in [3.8, 4) is 0 Å².